The van der Waals surface area contributed by atoms with Crippen LogP contribution in [0.15, 0.2) is 0 Å². The lowest BCUT2D eigenvalue weighted by atomic mass is 9.43. The first kappa shape index (κ1) is 24.4. The molecule has 0 amide bonds. The Bertz CT molecular complexity index is 698. The molecule has 0 heterocycles. The van der Waals surface area contributed by atoms with E-state index >= 15 is 0 Å². The summed E-state index contributed by atoms with van der Waals surface area (Å²) in [7, 11) is 0. The lowest BCUT2D eigenvalue weighted by Gasteiger charge is -2.63. The van der Waals surface area contributed by atoms with Gasteiger partial charge in [0, 0.05) is 0 Å². The second-order valence-corrected chi connectivity index (χ2v) is 12.0. The number of ether oxygens (including phenoxy) is 1. The first-order chi connectivity index (χ1) is 15.0. The Morgan fingerprint density at radius 2 is 1.78 bits per heavy atom. The van der Waals surface area contributed by atoms with Crippen LogP contribution in [0.4, 0.5) is 0 Å². The minimum Gasteiger partial charge on any atom is -0.464 e. The van der Waals surface area contributed by atoms with Gasteiger partial charge in [-0.25, -0.2) is 4.79 Å². The first-order valence-electron chi connectivity index (χ1n) is 12.9. The zero-order valence-electron chi connectivity index (χ0n) is 20.2. The van der Waals surface area contributed by atoms with Crippen molar-refractivity contribution in [2.24, 2.45) is 46.3 Å². The zero-order chi connectivity index (χ0) is 23.4. The van der Waals surface area contributed by atoms with E-state index in [2.05, 4.69) is 20.8 Å². The minimum absolute atomic E-state index is 0.0647. The van der Waals surface area contributed by atoms with Crippen molar-refractivity contribution in [1.29, 1.82) is 0 Å². The first-order valence-corrected chi connectivity index (χ1v) is 12.9. The number of fused-ring (bicyclic) bond motifs is 5. The fraction of sp³-hybridized carbons (Fsp3) is 0.962. The van der Waals surface area contributed by atoms with Gasteiger partial charge in [0.05, 0.1) is 24.9 Å². The molecule has 0 aromatic carbocycles. The molecule has 0 saturated heterocycles. The van der Waals surface area contributed by atoms with Gasteiger partial charge in [-0.15, -0.1) is 0 Å². The molecule has 0 aromatic heterocycles. The van der Waals surface area contributed by atoms with E-state index in [9.17, 15) is 25.2 Å². The van der Waals surface area contributed by atoms with Crippen molar-refractivity contribution in [1.82, 2.24) is 0 Å². The van der Waals surface area contributed by atoms with Crippen LogP contribution in [0, 0.1) is 46.3 Å². The summed E-state index contributed by atoms with van der Waals surface area (Å²) in [5.74, 6) is 0.702. The van der Waals surface area contributed by atoms with Gasteiger partial charge < -0.3 is 25.2 Å². The van der Waals surface area contributed by atoms with E-state index < -0.39 is 18.2 Å². The Labute approximate surface area is 192 Å². The van der Waals surface area contributed by atoms with Crippen molar-refractivity contribution in [3.05, 3.63) is 0 Å². The van der Waals surface area contributed by atoms with Gasteiger partial charge in [-0.05, 0) is 105 Å². The predicted molar refractivity (Wildman–Crippen MR) is 120 cm³/mol. The average Bonchev–Trinajstić information content (AvgIpc) is 3.09. The lowest BCUT2D eigenvalue weighted by molar-refractivity contribution is -0.207. The van der Waals surface area contributed by atoms with Crippen molar-refractivity contribution < 1.29 is 30.0 Å². The van der Waals surface area contributed by atoms with Crippen molar-refractivity contribution in [2.45, 2.75) is 103 Å². The van der Waals surface area contributed by atoms with Crippen molar-refractivity contribution >= 4 is 5.97 Å². The Kier molecular flexibility index (Phi) is 6.74. The molecule has 4 fully saturated rings. The van der Waals surface area contributed by atoms with Crippen LogP contribution in [0.1, 0.15) is 79.1 Å². The molecular formula is C26H44O6. The van der Waals surface area contributed by atoms with Gasteiger partial charge in [0.2, 0.25) is 0 Å². The van der Waals surface area contributed by atoms with Gasteiger partial charge in [-0.2, -0.15) is 0 Å². The third kappa shape index (κ3) is 3.73. The summed E-state index contributed by atoms with van der Waals surface area (Å²) in [6.07, 6.45) is 4.01. The van der Waals surface area contributed by atoms with Gasteiger partial charge in [-0.3, -0.25) is 0 Å². The van der Waals surface area contributed by atoms with E-state index in [0.717, 1.165) is 38.5 Å². The van der Waals surface area contributed by atoms with Crippen LogP contribution in [0.2, 0.25) is 0 Å². The Morgan fingerprint density at radius 3 is 2.47 bits per heavy atom. The number of aliphatic hydroxyl groups excluding tert-OH is 4. The lowest BCUT2D eigenvalue weighted by Crippen LogP contribution is -2.62. The van der Waals surface area contributed by atoms with E-state index in [1.165, 1.54) is 0 Å². The topological polar surface area (TPSA) is 107 Å². The fourth-order valence-electron chi connectivity index (χ4n) is 8.98. The van der Waals surface area contributed by atoms with E-state index in [1.54, 1.807) is 6.92 Å². The Morgan fingerprint density at radius 1 is 1.06 bits per heavy atom. The van der Waals surface area contributed by atoms with Gasteiger partial charge in [0.15, 0.2) is 6.10 Å². The Hall–Kier alpha value is -0.690. The highest BCUT2D eigenvalue weighted by molar-refractivity contribution is 5.74. The predicted octanol–water partition coefficient (Wildman–Crippen LogP) is 2.90. The van der Waals surface area contributed by atoms with Crippen LogP contribution in [0.25, 0.3) is 0 Å². The maximum Gasteiger partial charge on any atom is 0.334 e. The molecule has 12 atom stereocenters. The van der Waals surface area contributed by atoms with Crippen LogP contribution in [-0.4, -0.2) is 57.4 Å². The highest BCUT2D eigenvalue weighted by Gasteiger charge is 2.65. The summed E-state index contributed by atoms with van der Waals surface area (Å²) < 4.78 is 4.98. The van der Waals surface area contributed by atoms with Crippen LogP contribution in [-0.2, 0) is 9.53 Å². The molecule has 4 aliphatic carbocycles. The number of carbonyl (C=O) groups is 1. The SMILES string of the molecule is CCOC(=O)C(O)CC(C)C1CCC2C3C(O)CC4CC(O)CCC4(C)C3CC(O)C12C. The maximum absolute atomic E-state index is 12.0. The standard InChI is InChI=1S/C26H44O6/c1-5-32-24(31)21(29)10-14(2)17-6-7-18-23-19(13-22(30)26(17,18)4)25(3)9-8-16(27)11-15(25)12-20(23)28/h14-23,27-30H,5-13H2,1-4H3. The summed E-state index contributed by atoms with van der Waals surface area (Å²) in [4.78, 5) is 12.0. The van der Waals surface area contributed by atoms with Gasteiger partial charge in [0.25, 0.3) is 0 Å². The molecular weight excluding hydrogens is 408 g/mol. The van der Waals surface area contributed by atoms with E-state index in [1.807, 2.05) is 0 Å². The minimum atomic E-state index is -1.13. The van der Waals surface area contributed by atoms with Crippen molar-refractivity contribution in [2.75, 3.05) is 6.61 Å². The van der Waals surface area contributed by atoms with Crippen molar-refractivity contribution in [3.8, 4) is 0 Å². The third-order valence-corrected chi connectivity index (χ3v) is 10.7. The number of esters is 1. The molecule has 184 valence electrons. The molecule has 0 aromatic rings. The Balaban J connectivity index is 1.56. The fourth-order valence-corrected chi connectivity index (χ4v) is 8.98. The summed E-state index contributed by atoms with van der Waals surface area (Å²) in [5.41, 5.74) is -0.261. The molecule has 4 N–H and O–H groups in total. The summed E-state index contributed by atoms with van der Waals surface area (Å²) in [6.45, 7) is 8.60. The molecule has 12 unspecified atom stereocenters. The van der Waals surface area contributed by atoms with E-state index in [-0.39, 0.29) is 59.2 Å². The second kappa shape index (κ2) is 8.83. The van der Waals surface area contributed by atoms with E-state index in [0.29, 0.717) is 18.8 Å². The summed E-state index contributed by atoms with van der Waals surface area (Å²) in [5, 5.41) is 43.5. The smallest absolute Gasteiger partial charge is 0.334 e. The molecule has 0 aliphatic heterocycles. The summed E-state index contributed by atoms with van der Waals surface area (Å²) >= 11 is 0. The van der Waals surface area contributed by atoms with Crippen molar-refractivity contribution in [3.63, 3.8) is 0 Å². The van der Waals surface area contributed by atoms with Crippen LogP contribution >= 0.6 is 0 Å². The number of hydrogen-bond donors (Lipinski definition) is 4. The molecule has 0 radical (unpaired) electrons. The number of rotatable bonds is 5. The maximum atomic E-state index is 12.0. The van der Waals surface area contributed by atoms with Crippen LogP contribution in [0.3, 0.4) is 0 Å². The van der Waals surface area contributed by atoms with Crippen LogP contribution < -0.4 is 0 Å². The normalized spacial score (nSPS) is 50.0. The van der Waals surface area contributed by atoms with Crippen LogP contribution in [0.5, 0.6) is 0 Å². The molecule has 0 spiro atoms. The molecule has 4 rings (SSSR count). The van der Waals surface area contributed by atoms with Gasteiger partial charge in [0.1, 0.15) is 0 Å². The second-order valence-electron chi connectivity index (χ2n) is 12.0. The largest absolute Gasteiger partial charge is 0.464 e. The van der Waals surface area contributed by atoms with E-state index in [4.69, 9.17) is 4.74 Å². The molecule has 32 heavy (non-hydrogen) atoms. The average molecular weight is 453 g/mol. The van der Waals surface area contributed by atoms with Gasteiger partial charge >= 0.3 is 5.97 Å². The molecule has 4 aliphatic rings. The zero-order valence-corrected chi connectivity index (χ0v) is 20.2. The monoisotopic (exact) mass is 452 g/mol. The molecule has 4 saturated carbocycles. The number of carbonyl (C=O) groups excluding carboxylic acids is 1. The molecule has 6 heteroatoms. The number of aliphatic hydroxyl groups is 4. The molecule has 6 nitrogen and oxygen atoms in total. The third-order valence-electron chi connectivity index (χ3n) is 10.7. The molecule has 0 bridgehead atoms. The number of hydrogen-bond acceptors (Lipinski definition) is 6. The highest BCUT2D eigenvalue weighted by Crippen LogP contribution is 2.68. The van der Waals surface area contributed by atoms with Gasteiger partial charge in [-0.1, -0.05) is 20.8 Å². The summed E-state index contributed by atoms with van der Waals surface area (Å²) in [6, 6.07) is 0. The quantitative estimate of drug-likeness (QED) is 0.478. The highest BCUT2D eigenvalue weighted by atomic mass is 16.5.